The Morgan fingerprint density at radius 2 is 2.00 bits per heavy atom. The van der Waals surface area contributed by atoms with E-state index in [2.05, 4.69) is 5.48 Å². The van der Waals surface area contributed by atoms with E-state index in [1.165, 1.54) is 0 Å². The zero-order chi connectivity index (χ0) is 12.2. The smallest absolute Gasteiger partial charge is 0.237 e. The van der Waals surface area contributed by atoms with Crippen molar-refractivity contribution in [3.8, 4) is 0 Å². The summed E-state index contributed by atoms with van der Waals surface area (Å²) >= 11 is 5.51. The van der Waals surface area contributed by atoms with Crippen molar-refractivity contribution in [3.05, 3.63) is 0 Å². The minimum Gasteiger partial charge on any atom is -0.342 e. The largest absolute Gasteiger partial charge is 0.342 e. The quantitative estimate of drug-likeness (QED) is 0.609. The molecule has 0 spiro atoms. The molecule has 0 aromatic heterocycles. The van der Waals surface area contributed by atoms with Gasteiger partial charge in [-0.25, -0.2) is 0 Å². The highest BCUT2D eigenvalue weighted by atomic mass is 35.5. The molecule has 1 aliphatic rings. The van der Waals surface area contributed by atoms with Gasteiger partial charge in [-0.3, -0.25) is 9.63 Å². The monoisotopic (exact) mass is 248 g/mol. The van der Waals surface area contributed by atoms with E-state index in [4.69, 9.17) is 16.4 Å². The summed E-state index contributed by atoms with van der Waals surface area (Å²) in [6.07, 6.45) is 1.83. The minimum absolute atomic E-state index is 0.0249. The Bertz CT molecular complexity index is 233. The predicted octanol–water partition coefficient (Wildman–Crippen LogP) is 1.54. The van der Waals surface area contributed by atoms with Crippen LogP contribution in [0.4, 0.5) is 0 Å². The lowest BCUT2D eigenvalue weighted by Crippen LogP contribution is -2.46. The van der Waals surface area contributed by atoms with Crippen molar-refractivity contribution in [3.63, 3.8) is 0 Å². The van der Waals surface area contributed by atoms with Crippen LogP contribution in [0.15, 0.2) is 0 Å². The first-order valence-electron chi connectivity index (χ1n) is 5.69. The lowest BCUT2D eigenvalue weighted by Gasteiger charge is -2.33. The Morgan fingerprint density at radius 1 is 1.44 bits per heavy atom. The van der Waals surface area contributed by atoms with Gasteiger partial charge in [-0.1, -0.05) is 0 Å². The Balaban J connectivity index is 2.24. The second-order valence-electron chi connectivity index (χ2n) is 5.12. The van der Waals surface area contributed by atoms with E-state index < -0.39 is 0 Å². The van der Waals surface area contributed by atoms with E-state index in [1.807, 2.05) is 25.7 Å². The highest BCUT2D eigenvalue weighted by Crippen LogP contribution is 2.13. The molecule has 1 saturated heterocycles. The molecular weight excluding hydrogens is 228 g/mol. The number of hydroxylamine groups is 1. The van der Waals surface area contributed by atoms with Crippen molar-refractivity contribution in [1.82, 2.24) is 10.4 Å². The van der Waals surface area contributed by atoms with Gasteiger partial charge in [0, 0.05) is 19.1 Å². The molecule has 1 rings (SSSR count). The minimum atomic E-state index is -0.177. The van der Waals surface area contributed by atoms with Gasteiger partial charge in [0.25, 0.3) is 0 Å². The van der Waals surface area contributed by atoms with Gasteiger partial charge in [-0.2, -0.15) is 5.48 Å². The number of carbonyl (C=O) groups excluding carboxylic acids is 1. The van der Waals surface area contributed by atoms with Crippen molar-refractivity contribution in [1.29, 1.82) is 0 Å². The maximum Gasteiger partial charge on any atom is 0.237 e. The average Bonchev–Trinajstić information content (AvgIpc) is 2.25. The third kappa shape index (κ3) is 4.68. The summed E-state index contributed by atoms with van der Waals surface area (Å²) in [6, 6.07) is 0.332. The molecule has 0 saturated carbocycles. The third-order valence-electron chi connectivity index (χ3n) is 2.49. The first kappa shape index (κ1) is 13.7. The topological polar surface area (TPSA) is 41.6 Å². The Morgan fingerprint density at radius 3 is 2.44 bits per heavy atom. The number of hydrogen-bond acceptors (Lipinski definition) is 3. The molecule has 1 amide bonds. The molecule has 0 aromatic rings. The molecule has 1 aliphatic heterocycles. The molecule has 0 atom stereocenters. The number of likely N-dealkylation sites (tertiary alicyclic amines) is 1. The number of hydrogen-bond donors (Lipinski definition) is 1. The molecule has 5 heteroatoms. The van der Waals surface area contributed by atoms with Crippen LogP contribution in [-0.4, -0.2) is 41.4 Å². The van der Waals surface area contributed by atoms with Crippen LogP contribution < -0.4 is 5.48 Å². The van der Waals surface area contributed by atoms with E-state index in [0.29, 0.717) is 6.04 Å². The van der Waals surface area contributed by atoms with Crippen LogP contribution in [0, 0.1) is 0 Å². The van der Waals surface area contributed by atoms with Crippen molar-refractivity contribution < 1.29 is 9.63 Å². The lowest BCUT2D eigenvalue weighted by atomic mass is 10.1. The molecule has 0 aromatic carbocycles. The van der Waals surface area contributed by atoms with E-state index >= 15 is 0 Å². The second kappa shape index (κ2) is 5.84. The molecule has 1 heterocycles. The normalized spacial score (nSPS) is 18.9. The molecule has 0 radical (unpaired) electrons. The number of carbonyl (C=O) groups is 1. The van der Waals surface area contributed by atoms with Gasteiger partial charge in [0.1, 0.15) is 5.88 Å². The fraction of sp³-hybridized carbons (Fsp3) is 0.909. The lowest BCUT2D eigenvalue weighted by molar-refractivity contribution is -0.132. The maximum atomic E-state index is 11.3. The Labute approximate surface area is 102 Å². The van der Waals surface area contributed by atoms with Gasteiger partial charge in [-0.05, 0) is 33.6 Å². The fourth-order valence-corrected chi connectivity index (χ4v) is 1.76. The Kier molecular flexibility index (Phi) is 5.02. The maximum absolute atomic E-state index is 11.3. The molecule has 0 bridgehead atoms. The molecule has 1 N–H and O–H groups in total. The predicted molar refractivity (Wildman–Crippen MR) is 64.3 cm³/mol. The van der Waals surface area contributed by atoms with Gasteiger partial charge >= 0.3 is 0 Å². The number of halogens is 1. The Hall–Kier alpha value is -0.320. The number of amides is 1. The molecule has 16 heavy (non-hydrogen) atoms. The van der Waals surface area contributed by atoms with Crippen molar-refractivity contribution in [2.24, 2.45) is 0 Å². The number of nitrogens with zero attached hydrogens (tertiary/aromatic N) is 1. The van der Waals surface area contributed by atoms with Crippen LogP contribution in [0.1, 0.15) is 33.6 Å². The first-order valence-corrected chi connectivity index (χ1v) is 6.23. The van der Waals surface area contributed by atoms with Crippen molar-refractivity contribution in [2.45, 2.75) is 45.3 Å². The summed E-state index contributed by atoms with van der Waals surface area (Å²) < 4.78 is 0. The average molecular weight is 249 g/mol. The van der Waals surface area contributed by atoms with Gasteiger partial charge in [0.05, 0.1) is 5.60 Å². The standard InChI is InChI=1S/C11H21ClN2O2/c1-11(2,3)16-13-9-4-6-14(7-5-9)10(15)8-12/h9,13H,4-8H2,1-3H3. The van der Waals surface area contributed by atoms with Gasteiger partial charge < -0.3 is 4.90 Å². The number of alkyl halides is 1. The SMILES string of the molecule is CC(C)(C)ONC1CCN(C(=O)CCl)CC1. The summed E-state index contributed by atoms with van der Waals surface area (Å²) in [5.74, 6) is 0.105. The van der Waals surface area contributed by atoms with E-state index in [9.17, 15) is 4.79 Å². The van der Waals surface area contributed by atoms with Crippen LogP contribution in [0.25, 0.3) is 0 Å². The molecular formula is C11H21ClN2O2. The first-order chi connectivity index (χ1) is 7.42. The van der Waals surface area contributed by atoms with Crippen LogP contribution in [0.5, 0.6) is 0 Å². The van der Waals surface area contributed by atoms with Crippen molar-refractivity contribution >= 4 is 17.5 Å². The van der Waals surface area contributed by atoms with Gasteiger partial charge in [0.15, 0.2) is 0 Å². The van der Waals surface area contributed by atoms with Crippen LogP contribution in [0.3, 0.4) is 0 Å². The second-order valence-corrected chi connectivity index (χ2v) is 5.39. The fourth-order valence-electron chi connectivity index (χ4n) is 1.59. The molecule has 0 aliphatic carbocycles. The summed E-state index contributed by atoms with van der Waals surface area (Å²) in [4.78, 5) is 18.7. The molecule has 4 nitrogen and oxygen atoms in total. The van der Waals surface area contributed by atoms with E-state index in [1.54, 1.807) is 0 Å². The van der Waals surface area contributed by atoms with Crippen LogP contribution in [0.2, 0.25) is 0 Å². The molecule has 1 fully saturated rings. The molecule has 0 unspecified atom stereocenters. The van der Waals surface area contributed by atoms with Gasteiger partial charge in [-0.15, -0.1) is 11.6 Å². The zero-order valence-electron chi connectivity index (χ0n) is 10.3. The number of rotatable bonds is 3. The molecule has 94 valence electrons. The van der Waals surface area contributed by atoms with Gasteiger partial charge in [0.2, 0.25) is 5.91 Å². The highest BCUT2D eigenvalue weighted by molar-refractivity contribution is 6.27. The summed E-state index contributed by atoms with van der Waals surface area (Å²) in [5, 5.41) is 0. The van der Waals surface area contributed by atoms with E-state index in [-0.39, 0.29) is 17.4 Å². The number of nitrogens with one attached hydrogen (secondary N) is 1. The number of piperidine rings is 1. The summed E-state index contributed by atoms with van der Waals surface area (Å²) in [6.45, 7) is 7.54. The third-order valence-corrected chi connectivity index (χ3v) is 2.72. The van der Waals surface area contributed by atoms with Crippen molar-refractivity contribution in [2.75, 3.05) is 19.0 Å². The van der Waals surface area contributed by atoms with Crippen LogP contribution >= 0.6 is 11.6 Å². The van der Waals surface area contributed by atoms with Crippen LogP contribution in [-0.2, 0) is 9.63 Å². The summed E-state index contributed by atoms with van der Waals surface area (Å²) in [5.41, 5.74) is 2.89. The summed E-state index contributed by atoms with van der Waals surface area (Å²) in [7, 11) is 0. The highest BCUT2D eigenvalue weighted by Gasteiger charge is 2.23. The zero-order valence-corrected chi connectivity index (χ0v) is 11.0. The van der Waals surface area contributed by atoms with E-state index in [0.717, 1.165) is 25.9 Å².